The van der Waals surface area contributed by atoms with Crippen LogP contribution in [0.4, 0.5) is 15.8 Å². The summed E-state index contributed by atoms with van der Waals surface area (Å²) >= 11 is 0. The highest BCUT2D eigenvalue weighted by Crippen LogP contribution is 2.33. The molecule has 1 saturated carbocycles. The number of halogens is 1. The monoisotopic (exact) mass is 240 g/mol. The molecule has 0 unspecified atom stereocenters. The van der Waals surface area contributed by atoms with Crippen LogP contribution in [0.5, 0.6) is 0 Å². The van der Waals surface area contributed by atoms with Crippen molar-refractivity contribution in [3.63, 3.8) is 0 Å². The number of aliphatic hydroxyl groups is 1. The Kier molecular flexibility index (Phi) is 3.23. The average Bonchev–Trinajstić information content (AvgIpc) is 3.10. The molecule has 1 aliphatic rings. The van der Waals surface area contributed by atoms with Crippen LogP contribution in [0.25, 0.3) is 0 Å². The summed E-state index contributed by atoms with van der Waals surface area (Å²) in [5, 5.41) is 19.4. The van der Waals surface area contributed by atoms with E-state index in [0.29, 0.717) is 12.2 Å². The molecule has 17 heavy (non-hydrogen) atoms. The lowest BCUT2D eigenvalue weighted by Crippen LogP contribution is -2.29. The molecule has 1 fully saturated rings. The van der Waals surface area contributed by atoms with Gasteiger partial charge in [0.25, 0.3) is 5.69 Å². The molecule has 5 nitrogen and oxygen atoms in total. The smallest absolute Gasteiger partial charge is 0.272 e. The standard InChI is InChI=1S/C11H13FN2O3/c12-10-7-9(14(16)17)3-4-11(10)13(5-6-15)8-1-2-8/h3-4,7-8,15H,1-2,5-6H2. The number of hydrogen-bond donors (Lipinski definition) is 1. The quantitative estimate of drug-likeness (QED) is 0.628. The zero-order valence-electron chi connectivity index (χ0n) is 9.17. The van der Waals surface area contributed by atoms with E-state index in [2.05, 4.69) is 0 Å². The van der Waals surface area contributed by atoms with Crippen molar-refractivity contribution in [3.05, 3.63) is 34.1 Å². The minimum Gasteiger partial charge on any atom is -0.395 e. The van der Waals surface area contributed by atoms with Crippen LogP contribution in [0, 0.1) is 15.9 Å². The van der Waals surface area contributed by atoms with Gasteiger partial charge >= 0.3 is 0 Å². The first-order valence-electron chi connectivity index (χ1n) is 5.45. The fraction of sp³-hybridized carbons (Fsp3) is 0.455. The molecule has 0 aliphatic heterocycles. The maximum Gasteiger partial charge on any atom is 0.272 e. The topological polar surface area (TPSA) is 66.6 Å². The van der Waals surface area contributed by atoms with Gasteiger partial charge in [0.2, 0.25) is 0 Å². The molecule has 1 aromatic rings. The van der Waals surface area contributed by atoms with E-state index >= 15 is 0 Å². The molecule has 2 rings (SSSR count). The van der Waals surface area contributed by atoms with Gasteiger partial charge in [-0.2, -0.15) is 0 Å². The Labute approximate surface area is 97.6 Å². The van der Waals surface area contributed by atoms with Gasteiger partial charge in [-0.25, -0.2) is 4.39 Å². The van der Waals surface area contributed by atoms with Gasteiger partial charge in [0.1, 0.15) is 0 Å². The van der Waals surface area contributed by atoms with Crippen LogP contribution < -0.4 is 4.90 Å². The second-order valence-electron chi connectivity index (χ2n) is 4.04. The fourth-order valence-electron chi connectivity index (χ4n) is 1.84. The summed E-state index contributed by atoms with van der Waals surface area (Å²) in [4.78, 5) is 11.6. The molecule has 1 aromatic carbocycles. The summed E-state index contributed by atoms with van der Waals surface area (Å²) in [5.74, 6) is -0.612. The molecule has 1 N–H and O–H groups in total. The third-order valence-corrected chi connectivity index (χ3v) is 2.78. The van der Waals surface area contributed by atoms with Crippen molar-refractivity contribution in [2.24, 2.45) is 0 Å². The first kappa shape index (κ1) is 11.8. The zero-order chi connectivity index (χ0) is 12.4. The van der Waals surface area contributed by atoms with E-state index in [9.17, 15) is 14.5 Å². The van der Waals surface area contributed by atoms with Crippen LogP contribution >= 0.6 is 0 Å². The molecule has 0 atom stereocenters. The number of non-ortho nitro benzene ring substituents is 1. The maximum absolute atomic E-state index is 13.7. The van der Waals surface area contributed by atoms with Gasteiger partial charge in [-0.05, 0) is 18.9 Å². The minimum atomic E-state index is -0.625. The maximum atomic E-state index is 13.7. The van der Waals surface area contributed by atoms with Crippen molar-refractivity contribution < 1.29 is 14.4 Å². The van der Waals surface area contributed by atoms with Crippen LogP contribution in [0.3, 0.4) is 0 Å². The number of nitrogens with zero attached hydrogens (tertiary/aromatic N) is 2. The Bertz CT molecular complexity index is 435. The summed E-state index contributed by atoms with van der Waals surface area (Å²) in [6.45, 7) is 0.284. The first-order valence-corrected chi connectivity index (χ1v) is 5.45. The number of anilines is 1. The van der Waals surface area contributed by atoms with Crippen molar-refractivity contribution in [2.75, 3.05) is 18.1 Å². The largest absolute Gasteiger partial charge is 0.395 e. The van der Waals surface area contributed by atoms with E-state index in [4.69, 9.17) is 5.11 Å². The summed E-state index contributed by atoms with van der Waals surface area (Å²) in [7, 11) is 0. The van der Waals surface area contributed by atoms with E-state index in [0.717, 1.165) is 18.9 Å². The van der Waals surface area contributed by atoms with Gasteiger partial charge in [0.15, 0.2) is 5.82 Å². The van der Waals surface area contributed by atoms with Crippen LogP contribution in [0.2, 0.25) is 0 Å². The Hall–Kier alpha value is -1.69. The molecular formula is C11H13FN2O3. The van der Waals surface area contributed by atoms with Gasteiger partial charge < -0.3 is 10.0 Å². The van der Waals surface area contributed by atoms with Crippen molar-refractivity contribution >= 4 is 11.4 Å². The van der Waals surface area contributed by atoms with Crippen LogP contribution in [0.1, 0.15) is 12.8 Å². The van der Waals surface area contributed by atoms with Gasteiger partial charge in [-0.3, -0.25) is 10.1 Å². The normalized spacial score (nSPS) is 14.7. The Morgan fingerprint density at radius 3 is 2.71 bits per heavy atom. The molecule has 1 aliphatic carbocycles. The van der Waals surface area contributed by atoms with Gasteiger partial charge in [-0.15, -0.1) is 0 Å². The lowest BCUT2D eigenvalue weighted by atomic mass is 10.2. The average molecular weight is 240 g/mol. The van der Waals surface area contributed by atoms with Gasteiger partial charge in [0, 0.05) is 18.7 Å². The second-order valence-corrected chi connectivity index (χ2v) is 4.04. The fourth-order valence-corrected chi connectivity index (χ4v) is 1.84. The molecule has 0 bridgehead atoms. The highest BCUT2D eigenvalue weighted by molar-refractivity contribution is 5.54. The zero-order valence-corrected chi connectivity index (χ0v) is 9.17. The molecule has 0 spiro atoms. The van der Waals surface area contributed by atoms with E-state index in [1.54, 1.807) is 4.90 Å². The lowest BCUT2D eigenvalue weighted by Gasteiger charge is -2.23. The molecule has 0 aromatic heterocycles. The summed E-state index contributed by atoms with van der Waals surface area (Å²) in [6, 6.07) is 3.85. The predicted octanol–water partition coefficient (Wildman–Crippen LogP) is 1.70. The molecular weight excluding hydrogens is 227 g/mol. The highest BCUT2D eigenvalue weighted by atomic mass is 19.1. The van der Waals surface area contributed by atoms with Crippen LogP contribution in [-0.4, -0.2) is 29.2 Å². The van der Waals surface area contributed by atoms with Crippen molar-refractivity contribution in [2.45, 2.75) is 18.9 Å². The lowest BCUT2D eigenvalue weighted by molar-refractivity contribution is -0.385. The second kappa shape index (κ2) is 4.67. The Balaban J connectivity index is 2.27. The number of hydrogen-bond acceptors (Lipinski definition) is 4. The third kappa shape index (κ3) is 2.52. The molecule has 0 heterocycles. The predicted molar refractivity (Wildman–Crippen MR) is 60.5 cm³/mol. The number of nitro groups is 1. The summed E-state index contributed by atoms with van der Waals surface area (Å²) in [6.07, 6.45) is 1.94. The van der Waals surface area contributed by atoms with Crippen molar-refractivity contribution in [1.29, 1.82) is 0 Å². The summed E-state index contributed by atoms with van der Waals surface area (Å²) in [5.41, 5.74) is 0.0677. The number of benzene rings is 1. The minimum absolute atomic E-state index is 0.0626. The SMILES string of the molecule is O=[N+]([O-])c1ccc(N(CCO)C2CC2)c(F)c1. The Morgan fingerprint density at radius 1 is 1.53 bits per heavy atom. The number of aliphatic hydroxyl groups excluding tert-OH is 1. The molecule has 0 amide bonds. The van der Waals surface area contributed by atoms with E-state index in [1.807, 2.05) is 0 Å². The Morgan fingerprint density at radius 2 is 2.24 bits per heavy atom. The molecule has 0 radical (unpaired) electrons. The number of nitro benzene ring substituents is 1. The number of rotatable bonds is 5. The molecule has 6 heteroatoms. The molecule has 0 saturated heterocycles. The van der Waals surface area contributed by atoms with Crippen molar-refractivity contribution in [3.8, 4) is 0 Å². The van der Waals surface area contributed by atoms with Gasteiger partial charge in [-0.1, -0.05) is 0 Å². The first-order chi connectivity index (χ1) is 8.13. The van der Waals surface area contributed by atoms with Crippen LogP contribution in [0.15, 0.2) is 18.2 Å². The van der Waals surface area contributed by atoms with Gasteiger partial charge in [0.05, 0.1) is 23.3 Å². The highest BCUT2D eigenvalue weighted by Gasteiger charge is 2.30. The molecule has 92 valence electrons. The van der Waals surface area contributed by atoms with E-state index in [1.165, 1.54) is 12.1 Å². The van der Waals surface area contributed by atoms with Crippen molar-refractivity contribution in [1.82, 2.24) is 0 Å². The third-order valence-electron chi connectivity index (χ3n) is 2.78. The van der Waals surface area contributed by atoms with Crippen LogP contribution in [-0.2, 0) is 0 Å². The summed E-state index contributed by atoms with van der Waals surface area (Å²) < 4.78 is 13.7. The van der Waals surface area contributed by atoms with E-state index < -0.39 is 10.7 Å². The van der Waals surface area contributed by atoms with E-state index in [-0.39, 0.29) is 18.3 Å².